The molecule has 0 saturated carbocycles. The average molecular weight is 451 g/mol. The van der Waals surface area contributed by atoms with E-state index in [0.717, 1.165) is 17.8 Å². The molecule has 0 saturated heterocycles. The third-order valence-electron chi connectivity index (χ3n) is 5.89. The molecule has 0 aliphatic rings. The fourth-order valence-electron chi connectivity index (χ4n) is 3.90. The number of hydrogen-bond donors (Lipinski definition) is 2. The Labute approximate surface area is 196 Å². The highest BCUT2D eigenvalue weighted by Crippen LogP contribution is 2.27. The van der Waals surface area contributed by atoms with Crippen LogP contribution in [0.2, 0.25) is 0 Å². The molecule has 32 heavy (non-hydrogen) atoms. The molecule has 1 aromatic heterocycles. The van der Waals surface area contributed by atoms with Crippen LogP contribution in [0.5, 0.6) is 0 Å². The van der Waals surface area contributed by atoms with E-state index in [1.54, 1.807) is 0 Å². The van der Waals surface area contributed by atoms with Crippen molar-refractivity contribution in [2.24, 2.45) is 0 Å². The molecule has 5 nitrogen and oxygen atoms in total. The Kier molecular flexibility index (Phi) is 7.34. The highest BCUT2D eigenvalue weighted by atomic mass is 32.1. The van der Waals surface area contributed by atoms with Gasteiger partial charge < -0.3 is 5.32 Å². The van der Waals surface area contributed by atoms with Crippen LogP contribution in [0.4, 0.5) is 0 Å². The van der Waals surface area contributed by atoms with Crippen LogP contribution in [0.1, 0.15) is 55.0 Å². The van der Waals surface area contributed by atoms with Gasteiger partial charge in [0.2, 0.25) is 5.91 Å². The lowest BCUT2D eigenvalue weighted by Crippen LogP contribution is -2.27. The van der Waals surface area contributed by atoms with Gasteiger partial charge >= 0.3 is 0 Å². The van der Waals surface area contributed by atoms with Crippen LogP contribution in [0.3, 0.4) is 0 Å². The summed E-state index contributed by atoms with van der Waals surface area (Å²) in [7, 11) is 0. The quantitative estimate of drug-likeness (QED) is 0.462. The molecule has 0 radical (unpaired) electrons. The molecule has 0 fully saturated rings. The van der Waals surface area contributed by atoms with Crippen molar-refractivity contribution >= 4 is 18.1 Å². The summed E-state index contributed by atoms with van der Waals surface area (Å²) in [5.74, 6) is 0.776. The second kappa shape index (κ2) is 9.82. The molecular formula is C26H34N4OS. The molecule has 1 heterocycles. The monoisotopic (exact) mass is 450 g/mol. The van der Waals surface area contributed by atoms with Crippen molar-refractivity contribution in [2.75, 3.05) is 6.54 Å². The van der Waals surface area contributed by atoms with E-state index in [0.29, 0.717) is 24.3 Å². The van der Waals surface area contributed by atoms with Crippen molar-refractivity contribution in [3.05, 3.63) is 69.0 Å². The molecule has 0 bridgehead atoms. The predicted octanol–water partition coefficient (Wildman–Crippen LogP) is 5.58. The van der Waals surface area contributed by atoms with Crippen LogP contribution >= 0.6 is 12.2 Å². The van der Waals surface area contributed by atoms with Gasteiger partial charge in [-0.1, -0.05) is 62.7 Å². The van der Waals surface area contributed by atoms with Crippen molar-refractivity contribution in [3.63, 3.8) is 0 Å². The summed E-state index contributed by atoms with van der Waals surface area (Å²) in [5, 5.41) is 10.3. The molecule has 6 heteroatoms. The van der Waals surface area contributed by atoms with Crippen LogP contribution in [0, 0.1) is 25.5 Å². The summed E-state index contributed by atoms with van der Waals surface area (Å²) in [5.41, 5.74) is 7.54. The lowest BCUT2D eigenvalue weighted by atomic mass is 9.83. The predicted molar refractivity (Wildman–Crippen MR) is 134 cm³/mol. The van der Waals surface area contributed by atoms with Gasteiger partial charge in [-0.25, -0.2) is 0 Å². The highest BCUT2D eigenvalue weighted by molar-refractivity contribution is 7.71. The highest BCUT2D eigenvalue weighted by Gasteiger charge is 2.16. The van der Waals surface area contributed by atoms with Gasteiger partial charge in [0.05, 0.1) is 0 Å². The maximum absolute atomic E-state index is 12.5. The van der Waals surface area contributed by atoms with Gasteiger partial charge in [0.25, 0.3) is 0 Å². The minimum atomic E-state index is 0.0181. The summed E-state index contributed by atoms with van der Waals surface area (Å²) in [6, 6.07) is 12.7. The topological polar surface area (TPSA) is 62.7 Å². The number of nitrogens with zero attached hydrogens (tertiary/aromatic N) is 2. The number of nitrogens with one attached hydrogen (secondary N) is 2. The van der Waals surface area contributed by atoms with E-state index < -0.39 is 0 Å². The molecule has 0 aliphatic carbocycles. The second-order valence-corrected chi connectivity index (χ2v) is 9.95. The number of aromatic nitrogens is 3. The lowest BCUT2D eigenvalue weighted by molar-refractivity contribution is -0.121. The number of aromatic amines is 1. The Morgan fingerprint density at radius 3 is 2.31 bits per heavy atom. The van der Waals surface area contributed by atoms with E-state index in [4.69, 9.17) is 12.2 Å². The van der Waals surface area contributed by atoms with Gasteiger partial charge in [-0.05, 0) is 67.1 Å². The molecule has 3 aromatic rings. The van der Waals surface area contributed by atoms with Crippen LogP contribution in [0.15, 0.2) is 36.4 Å². The number of benzene rings is 2. The summed E-state index contributed by atoms with van der Waals surface area (Å²) < 4.78 is 2.41. The summed E-state index contributed by atoms with van der Waals surface area (Å²) in [4.78, 5) is 12.5. The SMILES string of the molecule is Cc1ccc(-c2n[nH]c(=S)n2CCC(=O)NCCc2c(C)cc(C(C)(C)C)cc2C)cc1. The summed E-state index contributed by atoms with van der Waals surface area (Å²) >= 11 is 5.38. The zero-order chi connectivity index (χ0) is 23.5. The first-order valence-electron chi connectivity index (χ1n) is 11.2. The van der Waals surface area contributed by atoms with Crippen molar-refractivity contribution in [1.82, 2.24) is 20.1 Å². The molecule has 2 N–H and O–H groups in total. The van der Waals surface area contributed by atoms with Gasteiger partial charge in [0.1, 0.15) is 0 Å². The van der Waals surface area contributed by atoms with Crippen LogP contribution in [-0.2, 0) is 23.2 Å². The first kappa shape index (κ1) is 23.9. The van der Waals surface area contributed by atoms with E-state index in [1.807, 2.05) is 35.8 Å². The molecule has 0 aliphatic heterocycles. The van der Waals surface area contributed by atoms with Gasteiger partial charge in [-0.3, -0.25) is 14.5 Å². The van der Waals surface area contributed by atoms with Crippen molar-refractivity contribution < 1.29 is 4.79 Å². The van der Waals surface area contributed by atoms with Gasteiger partial charge in [0.15, 0.2) is 10.6 Å². The maximum Gasteiger partial charge on any atom is 0.221 e. The van der Waals surface area contributed by atoms with E-state index >= 15 is 0 Å². The third-order valence-corrected chi connectivity index (χ3v) is 6.20. The molecule has 1 amide bonds. The van der Waals surface area contributed by atoms with Crippen molar-refractivity contribution in [1.29, 1.82) is 0 Å². The van der Waals surface area contributed by atoms with Gasteiger partial charge in [-0.2, -0.15) is 5.10 Å². The summed E-state index contributed by atoms with van der Waals surface area (Å²) in [6.07, 6.45) is 1.18. The summed E-state index contributed by atoms with van der Waals surface area (Å²) in [6.45, 7) is 14.2. The Balaban J connectivity index is 1.58. The van der Waals surface area contributed by atoms with Crippen LogP contribution < -0.4 is 5.32 Å². The lowest BCUT2D eigenvalue weighted by Gasteiger charge is -2.22. The smallest absolute Gasteiger partial charge is 0.221 e. The third kappa shape index (κ3) is 5.74. The normalized spacial score (nSPS) is 11.6. The standard InChI is InChI=1S/C26H34N4OS/c1-17-7-9-20(10-8-17)24-28-29-25(32)30(24)14-12-23(31)27-13-11-22-18(2)15-21(16-19(22)3)26(4,5)6/h7-10,15-16H,11-14H2,1-6H3,(H,27,31)(H,29,32). The second-order valence-electron chi connectivity index (χ2n) is 9.56. The largest absolute Gasteiger partial charge is 0.356 e. The molecule has 170 valence electrons. The Hall–Kier alpha value is -2.73. The molecule has 0 spiro atoms. The maximum atomic E-state index is 12.5. The van der Waals surface area contributed by atoms with E-state index in [2.05, 4.69) is 62.3 Å². The average Bonchev–Trinajstić information content (AvgIpc) is 3.08. The van der Waals surface area contributed by atoms with E-state index in [1.165, 1.54) is 27.8 Å². The molecule has 0 atom stereocenters. The van der Waals surface area contributed by atoms with Crippen molar-refractivity contribution in [2.45, 2.75) is 66.3 Å². The molecular weight excluding hydrogens is 416 g/mol. The van der Waals surface area contributed by atoms with Gasteiger partial charge in [0, 0.05) is 25.1 Å². The molecule has 2 aromatic carbocycles. The number of rotatable bonds is 7. The molecule has 0 unspecified atom stereocenters. The Morgan fingerprint density at radius 1 is 1.09 bits per heavy atom. The number of H-pyrrole nitrogens is 1. The van der Waals surface area contributed by atoms with E-state index in [9.17, 15) is 4.79 Å². The number of carbonyl (C=O) groups is 1. The fraction of sp³-hybridized carbons (Fsp3) is 0.423. The Morgan fingerprint density at radius 2 is 1.72 bits per heavy atom. The number of carbonyl (C=O) groups excluding carboxylic acids is 1. The zero-order valence-electron chi connectivity index (χ0n) is 20.0. The fourth-order valence-corrected chi connectivity index (χ4v) is 4.12. The number of aryl methyl sites for hydroxylation is 3. The first-order valence-corrected chi connectivity index (χ1v) is 11.6. The number of hydrogen-bond acceptors (Lipinski definition) is 3. The van der Waals surface area contributed by atoms with Gasteiger partial charge in [-0.15, -0.1) is 0 Å². The minimum absolute atomic E-state index is 0.0181. The number of amides is 1. The van der Waals surface area contributed by atoms with Crippen LogP contribution in [0.25, 0.3) is 11.4 Å². The van der Waals surface area contributed by atoms with E-state index in [-0.39, 0.29) is 11.3 Å². The minimum Gasteiger partial charge on any atom is -0.356 e. The Bertz CT molecular complexity index is 1130. The van der Waals surface area contributed by atoms with Crippen LogP contribution in [-0.4, -0.2) is 27.2 Å². The first-order chi connectivity index (χ1) is 15.1. The zero-order valence-corrected chi connectivity index (χ0v) is 20.8. The van der Waals surface area contributed by atoms with Crippen molar-refractivity contribution in [3.8, 4) is 11.4 Å². The molecule has 3 rings (SSSR count).